The van der Waals surface area contributed by atoms with Crippen LogP contribution in [0.5, 0.6) is 0 Å². The third-order valence-electron chi connectivity index (χ3n) is 1.21. The Labute approximate surface area is 62.0 Å². The monoisotopic (exact) mass is 145 g/mol. The van der Waals surface area contributed by atoms with Gasteiger partial charge < -0.3 is 9.64 Å². The standard InChI is InChI=1S/C7H15NO2/c1-8(2)6-4-5-7(9)10-3/h4-6H2,1-3H3. The van der Waals surface area contributed by atoms with Crippen LogP contribution in [0.3, 0.4) is 0 Å². The third kappa shape index (κ3) is 5.56. The SMILES string of the molecule is COC(=O)CCCN(C)C. The Balaban J connectivity index is 3.12. The molecular weight excluding hydrogens is 130 g/mol. The van der Waals surface area contributed by atoms with Crippen LogP contribution in [-0.2, 0) is 9.53 Å². The molecule has 0 heterocycles. The first-order chi connectivity index (χ1) is 4.66. The van der Waals surface area contributed by atoms with E-state index in [0.717, 1.165) is 13.0 Å². The highest BCUT2D eigenvalue weighted by molar-refractivity contribution is 5.68. The number of carbonyl (C=O) groups is 1. The number of hydrogen-bond donors (Lipinski definition) is 0. The van der Waals surface area contributed by atoms with Gasteiger partial charge in [0.05, 0.1) is 7.11 Å². The normalized spacial score (nSPS) is 10.0. The number of carbonyl (C=O) groups excluding carboxylic acids is 1. The number of rotatable bonds is 4. The molecular formula is C7H15NO2. The third-order valence-corrected chi connectivity index (χ3v) is 1.21. The quantitative estimate of drug-likeness (QED) is 0.539. The van der Waals surface area contributed by atoms with Gasteiger partial charge in [-0.3, -0.25) is 4.79 Å². The van der Waals surface area contributed by atoms with Crippen LogP contribution in [-0.4, -0.2) is 38.6 Å². The topological polar surface area (TPSA) is 29.5 Å². The van der Waals surface area contributed by atoms with Crippen LogP contribution >= 0.6 is 0 Å². The van der Waals surface area contributed by atoms with Crippen LogP contribution in [0.15, 0.2) is 0 Å². The van der Waals surface area contributed by atoms with E-state index < -0.39 is 0 Å². The lowest BCUT2D eigenvalue weighted by Gasteiger charge is -2.07. The van der Waals surface area contributed by atoms with E-state index in [9.17, 15) is 4.79 Å². The van der Waals surface area contributed by atoms with E-state index in [-0.39, 0.29) is 5.97 Å². The molecule has 3 nitrogen and oxygen atoms in total. The highest BCUT2D eigenvalue weighted by Gasteiger charge is 1.98. The number of methoxy groups -OCH3 is 1. The Morgan fingerprint density at radius 1 is 1.50 bits per heavy atom. The molecule has 0 fully saturated rings. The van der Waals surface area contributed by atoms with Crippen molar-refractivity contribution in [2.24, 2.45) is 0 Å². The summed E-state index contributed by atoms with van der Waals surface area (Å²) >= 11 is 0. The minimum atomic E-state index is -0.123. The van der Waals surface area contributed by atoms with Gasteiger partial charge in [-0.2, -0.15) is 0 Å². The molecule has 0 atom stereocenters. The molecule has 0 spiro atoms. The molecule has 0 saturated carbocycles. The summed E-state index contributed by atoms with van der Waals surface area (Å²) in [6.45, 7) is 0.940. The van der Waals surface area contributed by atoms with Gasteiger partial charge in [0, 0.05) is 6.42 Å². The zero-order valence-corrected chi connectivity index (χ0v) is 6.89. The van der Waals surface area contributed by atoms with Crippen molar-refractivity contribution in [1.29, 1.82) is 0 Å². The van der Waals surface area contributed by atoms with Crippen molar-refractivity contribution >= 4 is 5.97 Å². The van der Waals surface area contributed by atoms with Crippen molar-refractivity contribution in [3.63, 3.8) is 0 Å². The first-order valence-corrected chi connectivity index (χ1v) is 3.38. The van der Waals surface area contributed by atoms with E-state index in [0.29, 0.717) is 6.42 Å². The van der Waals surface area contributed by atoms with Crippen LogP contribution in [0.4, 0.5) is 0 Å². The Hall–Kier alpha value is -0.570. The molecule has 0 amide bonds. The predicted octanol–water partition coefficient (Wildman–Crippen LogP) is 0.501. The molecule has 0 rings (SSSR count). The van der Waals surface area contributed by atoms with Crippen LogP contribution in [0.25, 0.3) is 0 Å². The predicted molar refractivity (Wildman–Crippen MR) is 39.8 cm³/mol. The summed E-state index contributed by atoms with van der Waals surface area (Å²) in [5.41, 5.74) is 0. The maximum Gasteiger partial charge on any atom is 0.305 e. The average Bonchev–Trinajstić information content (AvgIpc) is 1.87. The second-order valence-corrected chi connectivity index (χ2v) is 2.48. The zero-order valence-electron chi connectivity index (χ0n) is 6.89. The van der Waals surface area contributed by atoms with Gasteiger partial charge in [0.1, 0.15) is 0 Å². The fraction of sp³-hybridized carbons (Fsp3) is 0.857. The first kappa shape index (κ1) is 9.43. The summed E-state index contributed by atoms with van der Waals surface area (Å²) in [6, 6.07) is 0. The fourth-order valence-electron chi connectivity index (χ4n) is 0.642. The van der Waals surface area contributed by atoms with Gasteiger partial charge in [-0.05, 0) is 27.1 Å². The Bertz CT molecular complexity index is 102. The number of nitrogens with zero attached hydrogens (tertiary/aromatic N) is 1. The largest absolute Gasteiger partial charge is 0.469 e. The first-order valence-electron chi connectivity index (χ1n) is 3.38. The van der Waals surface area contributed by atoms with Crippen molar-refractivity contribution < 1.29 is 9.53 Å². The van der Waals surface area contributed by atoms with E-state index >= 15 is 0 Å². The highest BCUT2D eigenvalue weighted by atomic mass is 16.5. The van der Waals surface area contributed by atoms with Gasteiger partial charge in [-0.1, -0.05) is 0 Å². The van der Waals surface area contributed by atoms with Crippen molar-refractivity contribution in [3.8, 4) is 0 Å². The van der Waals surface area contributed by atoms with Crippen molar-refractivity contribution in [2.75, 3.05) is 27.7 Å². The molecule has 0 aliphatic carbocycles. The maximum atomic E-state index is 10.6. The molecule has 0 bridgehead atoms. The number of hydrogen-bond acceptors (Lipinski definition) is 3. The van der Waals surface area contributed by atoms with Gasteiger partial charge in [-0.15, -0.1) is 0 Å². The Morgan fingerprint density at radius 2 is 2.10 bits per heavy atom. The van der Waals surface area contributed by atoms with Crippen LogP contribution in [0.1, 0.15) is 12.8 Å². The summed E-state index contributed by atoms with van der Waals surface area (Å²) in [5, 5.41) is 0. The molecule has 0 saturated heterocycles. The zero-order chi connectivity index (χ0) is 7.98. The van der Waals surface area contributed by atoms with Gasteiger partial charge in [0.15, 0.2) is 0 Å². The lowest BCUT2D eigenvalue weighted by atomic mass is 10.3. The molecule has 0 N–H and O–H groups in total. The summed E-state index contributed by atoms with van der Waals surface area (Å²) < 4.78 is 4.47. The Morgan fingerprint density at radius 3 is 2.50 bits per heavy atom. The summed E-state index contributed by atoms with van der Waals surface area (Å²) in [5.74, 6) is -0.123. The van der Waals surface area contributed by atoms with Crippen molar-refractivity contribution in [1.82, 2.24) is 4.90 Å². The number of esters is 1. The summed E-state index contributed by atoms with van der Waals surface area (Å²) in [7, 11) is 5.38. The van der Waals surface area contributed by atoms with Gasteiger partial charge in [0.25, 0.3) is 0 Å². The Kier molecular flexibility index (Phi) is 4.94. The number of ether oxygens (including phenoxy) is 1. The van der Waals surface area contributed by atoms with E-state index in [1.807, 2.05) is 19.0 Å². The lowest BCUT2D eigenvalue weighted by Crippen LogP contribution is -2.14. The van der Waals surface area contributed by atoms with Gasteiger partial charge >= 0.3 is 5.97 Å². The molecule has 0 aromatic carbocycles. The van der Waals surface area contributed by atoms with Crippen LogP contribution in [0, 0.1) is 0 Å². The summed E-state index contributed by atoms with van der Waals surface area (Å²) in [4.78, 5) is 12.6. The van der Waals surface area contributed by atoms with Crippen molar-refractivity contribution in [2.45, 2.75) is 12.8 Å². The van der Waals surface area contributed by atoms with Crippen molar-refractivity contribution in [3.05, 3.63) is 0 Å². The smallest absolute Gasteiger partial charge is 0.305 e. The van der Waals surface area contributed by atoms with Crippen LogP contribution < -0.4 is 0 Å². The second-order valence-electron chi connectivity index (χ2n) is 2.48. The molecule has 3 heteroatoms. The van der Waals surface area contributed by atoms with Crippen LogP contribution in [0.2, 0.25) is 0 Å². The molecule has 0 aromatic heterocycles. The average molecular weight is 145 g/mol. The van der Waals surface area contributed by atoms with E-state index in [1.165, 1.54) is 7.11 Å². The minimum absolute atomic E-state index is 0.123. The molecule has 60 valence electrons. The molecule has 0 aliphatic heterocycles. The highest BCUT2D eigenvalue weighted by Crippen LogP contribution is 1.91. The second kappa shape index (κ2) is 5.23. The lowest BCUT2D eigenvalue weighted by molar-refractivity contribution is -0.140. The molecule has 10 heavy (non-hydrogen) atoms. The minimum Gasteiger partial charge on any atom is -0.469 e. The van der Waals surface area contributed by atoms with E-state index in [4.69, 9.17) is 0 Å². The summed E-state index contributed by atoms with van der Waals surface area (Å²) in [6.07, 6.45) is 1.40. The van der Waals surface area contributed by atoms with Gasteiger partial charge in [-0.25, -0.2) is 0 Å². The molecule has 0 radical (unpaired) electrons. The van der Waals surface area contributed by atoms with E-state index in [1.54, 1.807) is 0 Å². The van der Waals surface area contributed by atoms with Gasteiger partial charge in [0.2, 0.25) is 0 Å². The molecule has 0 unspecified atom stereocenters. The molecule has 0 aliphatic rings. The van der Waals surface area contributed by atoms with E-state index in [2.05, 4.69) is 4.74 Å². The maximum absolute atomic E-state index is 10.6. The molecule has 0 aromatic rings. The fourth-order valence-corrected chi connectivity index (χ4v) is 0.642.